The lowest BCUT2D eigenvalue weighted by Crippen LogP contribution is -2.28. The number of aryl methyl sites for hydroxylation is 2. The van der Waals surface area contributed by atoms with Crippen LogP contribution in [0.15, 0.2) is 24.7 Å². The van der Waals surface area contributed by atoms with Gasteiger partial charge < -0.3 is 15.7 Å². The maximum absolute atomic E-state index is 12.7. The number of nitrogens with zero attached hydrogens (tertiary/aromatic N) is 6. The molecule has 3 N–H and O–H groups in total. The Hall–Kier alpha value is -3.96. The Morgan fingerprint density at radius 1 is 1.03 bits per heavy atom. The Morgan fingerprint density at radius 2 is 1.69 bits per heavy atom. The Balaban J connectivity index is 1.81. The lowest BCUT2D eigenvalue weighted by Gasteiger charge is -2.14. The van der Waals surface area contributed by atoms with Gasteiger partial charge in [0.2, 0.25) is 5.91 Å². The molecule has 0 aliphatic carbocycles. The van der Waals surface area contributed by atoms with Crippen LogP contribution in [-0.4, -0.2) is 52.2 Å². The van der Waals surface area contributed by atoms with E-state index in [2.05, 4.69) is 25.9 Å². The van der Waals surface area contributed by atoms with Crippen molar-refractivity contribution in [2.45, 2.75) is 19.9 Å². The first-order valence-corrected chi connectivity index (χ1v) is 8.60. The van der Waals surface area contributed by atoms with Crippen LogP contribution in [0.4, 0.5) is 11.4 Å². The molecule has 0 bridgehead atoms. The number of hydrogen-bond donors (Lipinski definition) is 3. The summed E-state index contributed by atoms with van der Waals surface area (Å²) in [6, 6.07) is 0.374. The van der Waals surface area contributed by atoms with Gasteiger partial charge in [-0.15, -0.1) is 0 Å². The van der Waals surface area contributed by atoms with Crippen molar-refractivity contribution in [3.63, 3.8) is 0 Å². The number of hydrogen-bond acceptors (Lipinski definition) is 6. The summed E-state index contributed by atoms with van der Waals surface area (Å²) in [4.78, 5) is 36.6. The highest BCUT2D eigenvalue weighted by atomic mass is 16.4. The second kappa shape index (κ2) is 7.58. The van der Waals surface area contributed by atoms with Gasteiger partial charge in [0.05, 0.1) is 29.5 Å². The molecule has 3 rings (SSSR count). The zero-order valence-corrected chi connectivity index (χ0v) is 16.2. The van der Waals surface area contributed by atoms with Crippen molar-refractivity contribution in [3.8, 4) is 0 Å². The predicted molar refractivity (Wildman–Crippen MR) is 102 cm³/mol. The van der Waals surface area contributed by atoms with E-state index >= 15 is 0 Å². The number of rotatable bonds is 6. The Labute approximate surface area is 165 Å². The fourth-order valence-electron chi connectivity index (χ4n) is 2.74. The largest absolute Gasteiger partial charge is 0.477 e. The van der Waals surface area contributed by atoms with Gasteiger partial charge in [0.15, 0.2) is 0 Å². The average Bonchev–Trinajstić information content (AvgIpc) is 3.37. The van der Waals surface area contributed by atoms with Crippen LogP contribution in [0.1, 0.15) is 39.6 Å². The number of nitrogens with one attached hydrogen (secondary N) is 2. The first-order valence-electron chi connectivity index (χ1n) is 8.60. The molecule has 0 radical (unpaired) electrons. The molecule has 152 valence electrons. The van der Waals surface area contributed by atoms with E-state index in [-0.39, 0.29) is 17.1 Å². The zero-order valence-electron chi connectivity index (χ0n) is 16.2. The highest BCUT2D eigenvalue weighted by Gasteiger charge is 2.25. The van der Waals surface area contributed by atoms with Crippen LogP contribution < -0.4 is 10.6 Å². The number of amides is 2. The number of aromatic nitrogens is 6. The van der Waals surface area contributed by atoms with E-state index in [4.69, 9.17) is 0 Å². The third kappa shape index (κ3) is 3.72. The third-order valence-electron chi connectivity index (χ3n) is 4.53. The van der Waals surface area contributed by atoms with Gasteiger partial charge in [-0.3, -0.25) is 19.0 Å². The van der Waals surface area contributed by atoms with E-state index in [9.17, 15) is 19.5 Å². The molecular weight excluding hydrogens is 380 g/mol. The van der Waals surface area contributed by atoms with Crippen molar-refractivity contribution in [3.05, 3.63) is 41.7 Å². The number of anilines is 2. The Bertz CT molecular complexity index is 1090. The Kier molecular flexibility index (Phi) is 5.17. The molecule has 0 saturated heterocycles. The molecule has 0 saturated carbocycles. The molecule has 1 atom stereocenters. The van der Waals surface area contributed by atoms with Gasteiger partial charge >= 0.3 is 5.97 Å². The highest BCUT2D eigenvalue weighted by molar-refractivity contribution is 6.09. The van der Waals surface area contributed by atoms with Crippen molar-refractivity contribution in [1.29, 1.82) is 0 Å². The van der Waals surface area contributed by atoms with E-state index in [1.54, 1.807) is 25.7 Å². The van der Waals surface area contributed by atoms with Crippen LogP contribution in [-0.2, 0) is 18.9 Å². The minimum absolute atomic E-state index is 0.121. The smallest absolute Gasteiger partial charge is 0.354 e. The van der Waals surface area contributed by atoms with Crippen molar-refractivity contribution in [2.24, 2.45) is 14.1 Å². The molecule has 2 amide bonds. The van der Waals surface area contributed by atoms with Crippen molar-refractivity contribution in [1.82, 2.24) is 29.3 Å². The number of carbonyl (C=O) groups excluding carboxylic acids is 2. The van der Waals surface area contributed by atoms with Crippen LogP contribution >= 0.6 is 0 Å². The average molecular weight is 400 g/mol. The molecule has 0 aromatic carbocycles. The zero-order chi connectivity index (χ0) is 21.3. The van der Waals surface area contributed by atoms with E-state index < -0.39 is 23.8 Å². The van der Waals surface area contributed by atoms with Crippen LogP contribution in [0, 0.1) is 6.92 Å². The maximum Gasteiger partial charge on any atom is 0.354 e. The molecule has 12 heteroatoms. The monoisotopic (exact) mass is 400 g/mol. The molecular formula is C17H20N8O4. The molecule has 3 aromatic rings. The number of aromatic carboxylic acids is 1. The lowest BCUT2D eigenvalue weighted by molar-refractivity contribution is -0.119. The van der Waals surface area contributed by atoms with Crippen LogP contribution in [0.3, 0.4) is 0 Å². The number of carboxylic acids is 1. The van der Waals surface area contributed by atoms with Gasteiger partial charge in [-0.05, 0) is 19.9 Å². The van der Waals surface area contributed by atoms with Gasteiger partial charge in [0.1, 0.15) is 17.4 Å². The van der Waals surface area contributed by atoms with Gasteiger partial charge in [0, 0.05) is 20.3 Å². The highest BCUT2D eigenvalue weighted by Crippen LogP contribution is 2.20. The first kappa shape index (κ1) is 19.8. The minimum Gasteiger partial charge on any atom is -0.477 e. The van der Waals surface area contributed by atoms with E-state index in [0.717, 1.165) is 10.4 Å². The van der Waals surface area contributed by atoms with Crippen LogP contribution in [0.5, 0.6) is 0 Å². The second-order valence-corrected chi connectivity index (χ2v) is 6.38. The summed E-state index contributed by atoms with van der Waals surface area (Å²) < 4.78 is 4.04. The fourth-order valence-corrected chi connectivity index (χ4v) is 2.74. The minimum atomic E-state index is -1.20. The number of carboxylic acid groups (broad SMARTS) is 1. The Morgan fingerprint density at radius 3 is 2.31 bits per heavy atom. The molecule has 1 unspecified atom stereocenters. The van der Waals surface area contributed by atoms with Crippen LogP contribution in [0.2, 0.25) is 0 Å². The van der Waals surface area contributed by atoms with Gasteiger partial charge in [0.25, 0.3) is 5.91 Å². The van der Waals surface area contributed by atoms with Crippen molar-refractivity contribution >= 4 is 29.2 Å². The lowest BCUT2D eigenvalue weighted by atomic mass is 10.2. The van der Waals surface area contributed by atoms with Gasteiger partial charge in [-0.2, -0.15) is 15.3 Å². The summed E-state index contributed by atoms with van der Waals surface area (Å²) in [5.41, 5.74) is 1.50. The van der Waals surface area contributed by atoms with Gasteiger partial charge in [-0.1, -0.05) is 0 Å². The molecule has 0 fully saturated rings. The summed E-state index contributed by atoms with van der Waals surface area (Å²) in [6.45, 7) is 3.31. The molecule has 3 heterocycles. The molecule has 0 spiro atoms. The standard InChI is InChI=1S/C17H20N8O4/c1-9-11(7-19-23(9)3)21-16(27)14-12(8-20-24(14)4)22-15(26)10(2)25-13(17(28)29)5-6-18-25/h5-8,10H,1-4H3,(H,21,27)(H,22,26)(H,28,29). The van der Waals surface area contributed by atoms with E-state index in [1.165, 1.54) is 36.3 Å². The molecule has 0 aliphatic heterocycles. The second-order valence-electron chi connectivity index (χ2n) is 6.38. The summed E-state index contributed by atoms with van der Waals surface area (Å²) >= 11 is 0. The molecule has 3 aromatic heterocycles. The molecule has 0 aliphatic rings. The fraction of sp³-hybridized carbons (Fsp3) is 0.294. The topological polar surface area (TPSA) is 149 Å². The molecule has 29 heavy (non-hydrogen) atoms. The van der Waals surface area contributed by atoms with E-state index in [0.29, 0.717) is 5.69 Å². The van der Waals surface area contributed by atoms with Crippen molar-refractivity contribution in [2.75, 3.05) is 10.6 Å². The first-order chi connectivity index (χ1) is 13.7. The van der Waals surface area contributed by atoms with Crippen LogP contribution in [0.25, 0.3) is 0 Å². The summed E-state index contributed by atoms with van der Waals surface area (Å²) in [7, 11) is 3.32. The molecule has 12 nitrogen and oxygen atoms in total. The third-order valence-corrected chi connectivity index (χ3v) is 4.53. The summed E-state index contributed by atoms with van der Waals surface area (Å²) in [5, 5.41) is 26.5. The SMILES string of the molecule is Cc1c(NC(=O)c2c(NC(=O)C(C)n3nccc3C(=O)O)cnn2C)cnn1C. The maximum atomic E-state index is 12.7. The van der Waals surface area contributed by atoms with Crippen molar-refractivity contribution < 1.29 is 19.5 Å². The van der Waals surface area contributed by atoms with E-state index in [1.807, 2.05) is 0 Å². The quantitative estimate of drug-likeness (QED) is 0.554. The summed E-state index contributed by atoms with van der Waals surface area (Å²) in [5.74, 6) is -2.22. The normalized spacial score (nSPS) is 11.9. The summed E-state index contributed by atoms with van der Waals surface area (Å²) in [6.07, 6.45) is 4.16. The predicted octanol–water partition coefficient (Wildman–Crippen LogP) is 0.809. The number of carbonyl (C=O) groups is 3. The van der Waals surface area contributed by atoms with Gasteiger partial charge in [-0.25, -0.2) is 9.48 Å².